The SMILES string of the molecule is CC(CC(=O)Nc1c(C)cc(C)cc1C)=NNC(=O)c1ccccc1F. The van der Waals surface area contributed by atoms with Crippen molar-refractivity contribution in [2.24, 2.45) is 5.10 Å². The highest BCUT2D eigenvalue weighted by molar-refractivity contribution is 6.06. The molecule has 0 aliphatic carbocycles. The van der Waals surface area contributed by atoms with Gasteiger partial charge in [-0.1, -0.05) is 29.8 Å². The summed E-state index contributed by atoms with van der Waals surface area (Å²) in [5.74, 6) is -1.52. The first kappa shape index (κ1) is 19.3. The van der Waals surface area contributed by atoms with Crippen molar-refractivity contribution in [3.63, 3.8) is 0 Å². The van der Waals surface area contributed by atoms with Crippen LogP contribution in [-0.2, 0) is 4.79 Å². The van der Waals surface area contributed by atoms with Crippen LogP contribution < -0.4 is 10.7 Å². The second-order valence-electron chi connectivity index (χ2n) is 6.27. The Morgan fingerprint density at radius 3 is 2.31 bits per heavy atom. The summed E-state index contributed by atoms with van der Waals surface area (Å²) >= 11 is 0. The first-order valence-corrected chi connectivity index (χ1v) is 8.23. The van der Waals surface area contributed by atoms with Crippen molar-refractivity contribution in [3.05, 3.63) is 64.5 Å². The number of nitrogens with zero attached hydrogens (tertiary/aromatic N) is 1. The van der Waals surface area contributed by atoms with Gasteiger partial charge in [-0.05, 0) is 51.0 Å². The third-order valence-corrected chi connectivity index (χ3v) is 3.82. The molecule has 6 heteroatoms. The van der Waals surface area contributed by atoms with Gasteiger partial charge >= 0.3 is 0 Å². The topological polar surface area (TPSA) is 70.6 Å². The van der Waals surface area contributed by atoms with E-state index < -0.39 is 11.7 Å². The number of rotatable bonds is 5. The summed E-state index contributed by atoms with van der Waals surface area (Å²) in [5.41, 5.74) is 6.46. The van der Waals surface area contributed by atoms with Crippen molar-refractivity contribution in [3.8, 4) is 0 Å². The standard InChI is InChI=1S/C20H22FN3O2/c1-12-9-13(2)19(14(3)10-12)22-18(25)11-15(4)23-24-20(26)16-7-5-6-8-17(16)21/h5-10H,11H2,1-4H3,(H,22,25)(H,24,26). The molecule has 0 heterocycles. The Bertz CT molecular complexity index is 852. The van der Waals surface area contributed by atoms with Crippen LogP contribution in [0.4, 0.5) is 10.1 Å². The number of hydrogen-bond acceptors (Lipinski definition) is 3. The fraction of sp³-hybridized carbons (Fsp3) is 0.250. The van der Waals surface area contributed by atoms with Gasteiger partial charge in [0.1, 0.15) is 5.82 Å². The van der Waals surface area contributed by atoms with Gasteiger partial charge < -0.3 is 5.32 Å². The number of carbonyl (C=O) groups excluding carboxylic acids is 2. The number of benzene rings is 2. The predicted molar refractivity (Wildman–Crippen MR) is 101 cm³/mol. The molecule has 0 aromatic heterocycles. The summed E-state index contributed by atoms with van der Waals surface area (Å²) in [6.45, 7) is 7.49. The van der Waals surface area contributed by atoms with Crippen molar-refractivity contribution in [2.75, 3.05) is 5.32 Å². The van der Waals surface area contributed by atoms with Gasteiger partial charge in [0.2, 0.25) is 5.91 Å². The zero-order chi connectivity index (χ0) is 19.3. The van der Waals surface area contributed by atoms with Crippen LogP contribution in [0.15, 0.2) is 41.5 Å². The Kier molecular flexibility index (Phi) is 6.22. The second kappa shape index (κ2) is 8.38. The van der Waals surface area contributed by atoms with Crippen molar-refractivity contribution in [1.29, 1.82) is 0 Å². The molecule has 5 nitrogen and oxygen atoms in total. The smallest absolute Gasteiger partial charge is 0.274 e. The minimum Gasteiger partial charge on any atom is -0.325 e. The summed E-state index contributed by atoms with van der Waals surface area (Å²) in [5, 5.41) is 6.74. The average Bonchev–Trinajstić information content (AvgIpc) is 2.56. The molecule has 2 aromatic rings. The number of amides is 2. The van der Waals surface area contributed by atoms with E-state index in [0.29, 0.717) is 5.71 Å². The number of hydrazone groups is 1. The number of nitrogens with one attached hydrogen (secondary N) is 2. The molecular formula is C20H22FN3O2. The van der Waals surface area contributed by atoms with Gasteiger partial charge in [-0.15, -0.1) is 0 Å². The normalized spacial score (nSPS) is 11.2. The molecule has 136 valence electrons. The summed E-state index contributed by atoms with van der Waals surface area (Å²) in [6.07, 6.45) is 0.0182. The highest BCUT2D eigenvalue weighted by atomic mass is 19.1. The van der Waals surface area contributed by atoms with Gasteiger partial charge in [0.05, 0.1) is 12.0 Å². The quantitative estimate of drug-likeness (QED) is 0.631. The maximum atomic E-state index is 13.5. The van der Waals surface area contributed by atoms with Crippen LogP contribution in [0.3, 0.4) is 0 Å². The van der Waals surface area contributed by atoms with Gasteiger partial charge in [0.15, 0.2) is 0 Å². The van der Waals surface area contributed by atoms with Crippen molar-refractivity contribution >= 4 is 23.2 Å². The molecule has 0 aliphatic heterocycles. The molecule has 0 atom stereocenters. The molecule has 2 rings (SSSR count). The summed E-state index contributed by atoms with van der Waals surface area (Å²) in [6, 6.07) is 9.63. The molecule has 0 saturated carbocycles. The minimum atomic E-state index is -0.659. The average molecular weight is 355 g/mol. The third-order valence-electron chi connectivity index (χ3n) is 3.82. The maximum absolute atomic E-state index is 13.5. The Balaban J connectivity index is 1.98. The van der Waals surface area contributed by atoms with E-state index in [4.69, 9.17) is 0 Å². The second-order valence-corrected chi connectivity index (χ2v) is 6.27. The molecule has 26 heavy (non-hydrogen) atoms. The number of carbonyl (C=O) groups is 2. The van der Waals surface area contributed by atoms with E-state index in [1.165, 1.54) is 18.2 Å². The molecule has 0 fully saturated rings. The monoisotopic (exact) mass is 355 g/mol. The number of aryl methyl sites for hydroxylation is 3. The van der Waals surface area contributed by atoms with Crippen LogP contribution in [-0.4, -0.2) is 17.5 Å². The fourth-order valence-corrected chi connectivity index (χ4v) is 2.68. The zero-order valence-electron chi connectivity index (χ0n) is 15.3. The van der Waals surface area contributed by atoms with Gasteiger partial charge in [-0.25, -0.2) is 9.82 Å². The lowest BCUT2D eigenvalue weighted by Crippen LogP contribution is -2.22. The lowest BCUT2D eigenvalue weighted by Gasteiger charge is -2.12. The maximum Gasteiger partial charge on any atom is 0.274 e. The molecular weight excluding hydrogens is 333 g/mol. The molecule has 0 bridgehead atoms. The zero-order valence-corrected chi connectivity index (χ0v) is 15.3. The Morgan fingerprint density at radius 1 is 1.08 bits per heavy atom. The van der Waals surface area contributed by atoms with Gasteiger partial charge in [-0.3, -0.25) is 9.59 Å². The number of halogens is 1. The first-order valence-electron chi connectivity index (χ1n) is 8.23. The van der Waals surface area contributed by atoms with Crippen LogP contribution in [0.2, 0.25) is 0 Å². The van der Waals surface area contributed by atoms with Crippen LogP contribution in [0.25, 0.3) is 0 Å². The largest absolute Gasteiger partial charge is 0.325 e. The lowest BCUT2D eigenvalue weighted by atomic mass is 10.0. The Morgan fingerprint density at radius 2 is 1.69 bits per heavy atom. The molecule has 2 amide bonds. The van der Waals surface area contributed by atoms with Crippen molar-refractivity contribution < 1.29 is 14.0 Å². The fourth-order valence-electron chi connectivity index (χ4n) is 2.68. The first-order chi connectivity index (χ1) is 12.3. The van der Waals surface area contributed by atoms with E-state index in [2.05, 4.69) is 15.8 Å². The van der Waals surface area contributed by atoms with E-state index in [1.807, 2.05) is 32.9 Å². The minimum absolute atomic E-state index is 0.0182. The van der Waals surface area contributed by atoms with Crippen LogP contribution >= 0.6 is 0 Å². The van der Waals surface area contributed by atoms with Gasteiger partial charge in [0.25, 0.3) is 5.91 Å². The molecule has 0 aliphatic rings. The van der Waals surface area contributed by atoms with E-state index in [-0.39, 0.29) is 17.9 Å². The van der Waals surface area contributed by atoms with Crippen molar-refractivity contribution in [2.45, 2.75) is 34.1 Å². The number of hydrogen-bond donors (Lipinski definition) is 2. The van der Waals surface area contributed by atoms with E-state index in [0.717, 1.165) is 22.4 Å². The highest BCUT2D eigenvalue weighted by Gasteiger charge is 2.12. The Labute approximate surface area is 152 Å². The number of anilines is 1. The molecule has 0 spiro atoms. The van der Waals surface area contributed by atoms with Gasteiger partial charge in [0, 0.05) is 11.4 Å². The lowest BCUT2D eigenvalue weighted by molar-refractivity contribution is -0.115. The van der Waals surface area contributed by atoms with E-state index in [9.17, 15) is 14.0 Å². The van der Waals surface area contributed by atoms with E-state index in [1.54, 1.807) is 13.0 Å². The summed E-state index contributed by atoms with van der Waals surface area (Å²) < 4.78 is 13.5. The molecule has 2 aromatic carbocycles. The van der Waals surface area contributed by atoms with Crippen molar-refractivity contribution in [1.82, 2.24) is 5.43 Å². The predicted octanol–water partition coefficient (Wildman–Crippen LogP) is 3.89. The van der Waals surface area contributed by atoms with Crippen LogP contribution in [0, 0.1) is 26.6 Å². The van der Waals surface area contributed by atoms with Crippen LogP contribution in [0.1, 0.15) is 40.4 Å². The third kappa shape index (κ3) is 4.99. The molecule has 2 N–H and O–H groups in total. The summed E-state index contributed by atoms with van der Waals surface area (Å²) in [7, 11) is 0. The van der Waals surface area contributed by atoms with E-state index >= 15 is 0 Å². The molecule has 0 unspecified atom stereocenters. The van der Waals surface area contributed by atoms with Crippen LogP contribution in [0.5, 0.6) is 0 Å². The Hall–Kier alpha value is -3.02. The molecule has 0 saturated heterocycles. The van der Waals surface area contributed by atoms with Gasteiger partial charge in [-0.2, -0.15) is 5.10 Å². The molecule has 0 radical (unpaired) electrons. The highest BCUT2D eigenvalue weighted by Crippen LogP contribution is 2.22. The summed E-state index contributed by atoms with van der Waals surface area (Å²) in [4.78, 5) is 24.1.